The van der Waals surface area contributed by atoms with Crippen molar-refractivity contribution in [2.24, 2.45) is 12.5 Å². The Morgan fingerprint density at radius 1 is 1.46 bits per heavy atom. The van der Waals surface area contributed by atoms with E-state index in [0.717, 1.165) is 13.0 Å². The maximum Gasteiger partial charge on any atom is 0.263 e. The molecular weight excluding hydrogens is 306 g/mol. The number of aryl methyl sites for hydroxylation is 1. The van der Waals surface area contributed by atoms with Gasteiger partial charge in [0.15, 0.2) is 5.65 Å². The van der Waals surface area contributed by atoms with Crippen molar-refractivity contribution in [2.75, 3.05) is 18.6 Å². The fraction of sp³-hybridized carbons (Fsp3) is 0.706. The molecule has 0 radical (unpaired) electrons. The molecule has 1 spiro atoms. The lowest BCUT2D eigenvalue weighted by Gasteiger charge is -2.57. The van der Waals surface area contributed by atoms with Crippen LogP contribution in [0.5, 0.6) is 0 Å². The molecule has 7 heteroatoms. The van der Waals surface area contributed by atoms with Gasteiger partial charge in [0.25, 0.3) is 5.56 Å². The van der Waals surface area contributed by atoms with Crippen LogP contribution in [0.1, 0.15) is 39.0 Å². The smallest absolute Gasteiger partial charge is 0.263 e. The number of hydrogen-bond donors (Lipinski definition) is 1. The first kappa shape index (κ1) is 15.6. The van der Waals surface area contributed by atoms with Gasteiger partial charge in [-0.25, -0.2) is 0 Å². The normalized spacial score (nSPS) is 25.3. The molecule has 0 unspecified atom stereocenters. The fourth-order valence-corrected chi connectivity index (χ4v) is 4.73. The van der Waals surface area contributed by atoms with Gasteiger partial charge in [0, 0.05) is 32.2 Å². The second kappa shape index (κ2) is 5.58. The van der Waals surface area contributed by atoms with Crippen molar-refractivity contribution in [2.45, 2.75) is 51.2 Å². The highest BCUT2D eigenvalue weighted by Crippen LogP contribution is 2.56. The van der Waals surface area contributed by atoms with E-state index >= 15 is 0 Å². The number of ether oxygens (including phenoxy) is 1. The fourth-order valence-electron chi connectivity index (χ4n) is 4.73. The molecule has 130 valence electrons. The Balaban J connectivity index is 1.67. The molecule has 2 atom stereocenters. The summed E-state index contributed by atoms with van der Waals surface area (Å²) < 4.78 is 7.65. The first-order chi connectivity index (χ1) is 11.6. The lowest BCUT2D eigenvalue weighted by molar-refractivity contribution is -0.121. The molecule has 2 aromatic rings. The largest absolute Gasteiger partial charge is 0.378 e. The van der Waals surface area contributed by atoms with Crippen molar-refractivity contribution in [3.05, 3.63) is 16.6 Å². The van der Waals surface area contributed by atoms with Crippen molar-refractivity contribution in [3.63, 3.8) is 0 Å². The first-order valence-corrected chi connectivity index (χ1v) is 8.83. The van der Waals surface area contributed by atoms with Gasteiger partial charge < -0.3 is 9.64 Å². The zero-order chi connectivity index (χ0) is 16.9. The van der Waals surface area contributed by atoms with E-state index < -0.39 is 0 Å². The van der Waals surface area contributed by atoms with E-state index in [1.807, 2.05) is 14.1 Å². The highest BCUT2D eigenvalue weighted by molar-refractivity contribution is 5.74. The number of nitrogens with one attached hydrogen (secondary N) is 1. The molecule has 4 rings (SSSR count). The van der Waals surface area contributed by atoms with Crippen LogP contribution in [-0.4, -0.2) is 45.5 Å². The molecule has 2 aliphatic carbocycles. The SMILES string of the molecule is CCO[C@H]1C[C@@H](N(C)c2nc3c(cnn3C)c(=O)[nH]2)C12CCCC2. The van der Waals surface area contributed by atoms with E-state index in [0.29, 0.717) is 29.1 Å². The van der Waals surface area contributed by atoms with Gasteiger partial charge in [-0.05, 0) is 26.2 Å². The molecule has 2 heterocycles. The molecule has 2 fully saturated rings. The Kier molecular flexibility index (Phi) is 3.63. The molecule has 24 heavy (non-hydrogen) atoms. The molecule has 1 N–H and O–H groups in total. The summed E-state index contributed by atoms with van der Waals surface area (Å²) in [6.07, 6.45) is 7.83. The number of hydrogen-bond acceptors (Lipinski definition) is 5. The predicted octanol–water partition coefficient (Wildman–Crippen LogP) is 1.83. The van der Waals surface area contributed by atoms with Gasteiger partial charge in [0.05, 0.1) is 12.3 Å². The minimum Gasteiger partial charge on any atom is -0.378 e. The third kappa shape index (κ3) is 2.10. The molecule has 0 saturated heterocycles. The number of nitrogens with zero attached hydrogens (tertiary/aromatic N) is 4. The van der Waals surface area contributed by atoms with E-state index in [1.165, 1.54) is 25.7 Å². The molecular formula is C17H25N5O2. The molecule has 0 amide bonds. The Morgan fingerprint density at radius 2 is 2.21 bits per heavy atom. The molecule has 0 bridgehead atoms. The van der Waals surface area contributed by atoms with Crippen molar-refractivity contribution >= 4 is 17.0 Å². The second-order valence-corrected chi connectivity index (χ2v) is 7.14. The van der Waals surface area contributed by atoms with Crippen LogP contribution in [-0.2, 0) is 11.8 Å². The van der Waals surface area contributed by atoms with Gasteiger partial charge in [0.1, 0.15) is 5.39 Å². The van der Waals surface area contributed by atoms with E-state index in [9.17, 15) is 4.79 Å². The molecule has 0 aliphatic heterocycles. The lowest BCUT2D eigenvalue weighted by Crippen LogP contribution is -2.63. The van der Waals surface area contributed by atoms with Crippen LogP contribution in [0, 0.1) is 5.41 Å². The number of aromatic nitrogens is 4. The Bertz CT molecular complexity index is 805. The van der Waals surface area contributed by atoms with Gasteiger partial charge in [0.2, 0.25) is 5.95 Å². The highest BCUT2D eigenvalue weighted by Gasteiger charge is 2.58. The van der Waals surface area contributed by atoms with Crippen LogP contribution in [0.4, 0.5) is 5.95 Å². The van der Waals surface area contributed by atoms with E-state index in [-0.39, 0.29) is 11.0 Å². The third-order valence-electron chi connectivity index (χ3n) is 6.04. The summed E-state index contributed by atoms with van der Waals surface area (Å²) in [5.74, 6) is 0.627. The molecule has 2 aromatic heterocycles. The monoisotopic (exact) mass is 331 g/mol. The minimum atomic E-state index is -0.129. The van der Waals surface area contributed by atoms with Crippen LogP contribution in [0.3, 0.4) is 0 Å². The van der Waals surface area contributed by atoms with Crippen LogP contribution in [0.2, 0.25) is 0 Å². The van der Waals surface area contributed by atoms with E-state index in [1.54, 1.807) is 10.9 Å². The number of rotatable bonds is 4. The van der Waals surface area contributed by atoms with Crippen LogP contribution >= 0.6 is 0 Å². The average molecular weight is 331 g/mol. The summed E-state index contributed by atoms with van der Waals surface area (Å²) in [5.41, 5.74) is 0.711. The number of anilines is 1. The summed E-state index contributed by atoms with van der Waals surface area (Å²) in [6, 6.07) is 0.366. The van der Waals surface area contributed by atoms with Crippen LogP contribution < -0.4 is 10.5 Å². The summed E-state index contributed by atoms with van der Waals surface area (Å²) in [5, 5.41) is 4.67. The third-order valence-corrected chi connectivity index (χ3v) is 6.04. The van der Waals surface area contributed by atoms with Crippen molar-refractivity contribution < 1.29 is 4.74 Å². The zero-order valence-corrected chi connectivity index (χ0v) is 14.6. The summed E-state index contributed by atoms with van der Waals surface area (Å²) in [6.45, 7) is 2.83. The standard InChI is InChI=1S/C17H25N5O2/c1-4-24-13-9-12(17(13)7-5-6-8-17)21(2)16-19-14-11(15(23)20-16)10-18-22(14)3/h10,12-13H,4-9H2,1-3H3,(H,19,20,23)/t12-,13+/m1/s1. The van der Waals surface area contributed by atoms with Gasteiger partial charge in [-0.2, -0.15) is 10.1 Å². The Hall–Kier alpha value is -1.89. The predicted molar refractivity (Wildman–Crippen MR) is 92.3 cm³/mol. The second-order valence-electron chi connectivity index (χ2n) is 7.14. The average Bonchev–Trinajstić information content (AvgIpc) is 3.20. The summed E-state index contributed by atoms with van der Waals surface area (Å²) in [7, 11) is 3.85. The highest BCUT2D eigenvalue weighted by atomic mass is 16.5. The Morgan fingerprint density at radius 3 is 2.92 bits per heavy atom. The quantitative estimate of drug-likeness (QED) is 0.925. The van der Waals surface area contributed by atoms with E-state index in [4.69, 9.17) is 4.74 Å². The molecule has 2 saturated carbocycles. The molecule has 0 aromatic carbocycles. The lowest BCUT2D eigenvalue weighted by atomic mass is 9.60. The number of fused-ring (bicyclic) bond motifs is 1. The van der Waals surface area contributed by atoms with Gasteiger partial charge in [-0.15, -0.1) is 0 Å². The number of aromatic amines is 1. The van der Waals surface area contributed by atoms with Crippen LogP contribution in [0.25, 0.3) is 11.0 Å². The topological polar surface area (TPSA) is 76.0 Å². The first-order valence-electron chi connectivity index (χ1n) is 8.83. The van der Waals surface area contributed by atoms with E-state index in [2.05, 4.69) is 26.9 Å². The Labute approximate surface area is 141 Å². The summed E-state index contributed by atoms with van der Waals surface area (Å²) >= 11 is 0. The molecule has 7 nitrogen and oxygen atoms in total. The van der Waals surface area contributed by atoms with Gasteiger partial charge in [-0.3, -0.25) is 14.5 Å². The maximum absolute atomic E-state index is 12.3. The van der Waals surface area contributed by atoms with Crippen LogP contribution in [0.15, 0.2) is 11.0 Å². The summed E-state index contributed by atoms with van der Waals surface area (Å²) in [4.78, 5) is 22.1. The van der Waals surface area contributed by atoms with Gasteiger partial charge in [-0.1, -0.05) is 12.8 Å². The van der Waals surface area contributed by atoms with Crippen molar-refractivity contribution in [1.82, 2.24) is 19.7 Å². The maximum atomic E-state index is 12.3. The number of H-pyrrole nitrogens is 1. The molecule has 2 aliphatic rings. The van der Waals surface area contributed by atoms with Crippen molar-refractivity contribution in [3.8, 4) is 0 Å². The van der Waals surface area contributed by atoms with Crippen molar-refractivity contribution in [1.29, 1.82) is 0 Å². The minimum absolute atomic E-state index is 0.129. The zero-order valence-electron chi connectivity index (χ0n) is 14.6. The van der Waals surface area contributed by atoms with Gasteiger partial charge >= 0.3 is 0 Å².